The van der Waals surface area contributed by atoms with Crippen LogP contribution in [-0.4, -0.2) is 11.9 Å². The fourth-order valence-electron chi connectivity index (χ4n) is 1.88. The SMILES string of the molecule is CCC(C#N)C(=O)NC1CCCCC1. The number of carbonyl (C=O) groups is 1. The van der Waals surface area contributed by atoms with Gasteiger partial charge in [-0.1, -0.05) is 26.2 Å². The molecule has 1 unspecified atom stereocenters. The maximum atomic E-state index is 11.5. The number of carbonyl (C=O) groups excluding carboxylic acids is 1. The quantitative estimate of drug-likeness (QED) is 0.747. The number of nitrogens with one attached hydrogen (secondary N) is 1. The van der Waals surface area contributed by atoms with Crippen LogP contribution in [0.1, 0.15) is 45.4 Å². The molecule has 1 atom stereocenters. The predicted octanol–water partition coefficient (Wildman–Crippen LogP) is 1.99. The third kappa shape index (κ3) is 3.02. The van der Waals surface area contributed by atoms with Crippen LogP contribution in [-0.2, 0) is 4.79 Å². The lowest BCUT2D eigenvalue weighted by atomic mass is 9.95. The van der Waals surface area contributed by atoms with Crippen LogP contribution in [0.25, 0.3) is 0 Å². The van der Waals surface area contributed by atoms with Gasteiger partial charge in [0.25, 0.3) is 0 Å². The van der Waals surface area contributed by atoms with E-state index < -0.39 is 5.92 Å². The van der Waals surface area contributed by atoms with Crippen LogP contribution in [0.3, 0.4) is 0 Å². The van der Waals surface area contributed by atoms with E-state index in [9.17, 15) is 4.79 Å². The number of nitriles is 1. The lowest BCUT2D eigenvalue weighted by molar-refractivity contribution is -0.124. The molecule has 0 bridgehead atoms. The Balaban J connectivity index is 2.35. The lowest BCUT2D eigenvalue weighted by Gasteiger charge is -2.23. The highest BCUT2D eigenvalue weighted by Gasteiger charge is 2.20. The van der Waals surface area contributed by atoms with Crippen molar-refractivity contribution in [3.05, 3.63) is 0 Å². The Labute approximate surface area is 85.5 Å². The Morgan fingerprint density at radius 2 is 2.14 bits per heavy atom. The molecule has 0 radical (unpaired) electrons. The normalized spacial score (nSPS) is 19.7. The van der Waals surface area contributed by atoms with E-state index in [4.69, 9.17) is 5.26 Å². The molecule has 0 aromatic rings. The van der Waals surface area contributed by atoms with Crippen LogP contribution in [0.5, 0.6) is 0 Å². The molecule has 1 fully saturated rings. The van der Waals surface area contributed by atoms with Gasteiger partial charge in [0.1, 0.15) is 5.92 Å². The predicted molar refractivity (Wildman–Crippen MR) is 54.4 cm³/mol. The van der Waals surface area contributed by atoms with Crippen LogP contribution in [0.4, 0.5) is 0 Å². The summed E-state index contributed by atoms with van der Waals surface area (Å²) in [5.74, 6) is -0.543. The molecule has 0 saturated heterocycles. The average Bonchev–Trinajstić information content (AvgIpc) is 2.21. The summed E-state index contributed by atoms with van der Waals surface area (Å²) in [5, 5.41) is 11.7. The van der Waals surface area contributed by atoms with Crippen LogP contribution < -0.4 is 5.32 Å². The molecule has 0 aromatic carbocycles. The van der Waals surface area contributed by atoms with Crippen molar-refractivity contribution < 1.29 is 4.79 Å². The van der Waals surface area contributed by atoms with Gasteiger partial charge in [0.15, 0.2) is 0 Å². The lowest BCUT2D eigenvalue weighted by Crippen LogP contribution is -2.39. The standard InChI is InChI=1S/C11H18N2O/c1-2-9(8-12)11(14)13-10-6-4-3-5-7-10/h9-10H,2-7H2,1H3,(H,13,14). The molecule has 1 rings (SSSR count). The molecule has 1 saturated carbocycles. The van der Waals surface area contributed by atoms with Crippen molar-refractivity contribution in [1.29, 1.82) is 5.26 Å². The molecule has 0 heterocycles. The van der Waals surface area contributed by atoms with E-state index in [1.54, 1.807) is 0 Å². The van der Waals surface area contributed by atoms with Gasteiger partial charge in [-0.2, -0.15) is 5.26 Å². The molecule has 1 amide bonds. The monoisotopic (exact) mass is 194 g/mol. The summed E-state index contributed by atoms with van der Waals surface area (Å²) in [7, 11) is 0. The first-order chi connectivity index (χ1) is 6.77. The maximum absolute atomic E-state index is 11.5. The number of amides is 1. The zero-order valence-electron chi connectivity index (χ0n) is 8.75. The molecule has 1 aliphatic carbocycles. The summed E-state index contributed by atoms with van der Waals surface area (Å²) in [6.07, 6.45) is 6.45. The molecule has 3 nitrogen and oxygen atoms in total. The van der Waals surface area contributed by atoms with E-state index in [0.29, 0.717) is 12.5 Å². The number of hydrogen-bond donors (Lipinski definition) is 1. The molecular weight excluding hydrogens is 176 g/mol. The fraction of sp³-hybridized carbons (Fsp3) is 0.818. The van der Waals surface area contributed by atoms with Crippen LogP contribution in [0, 0.1) is 17.2 Å². The summed E-state index contributed by atoms with van der Waals surface area (Å²) in [6, 6.07) is 2.35. The highest BCUT2D eigenvalue weighted by atomic mass is 16.1. The first-order valence-corrected chi connectivity index (χ1v) is 5.48. The molecule has 1 aliphatic rings. The molecule has 0 spiro atoms. The number of nitrogens with zero attached hydrogens (tertiary/aromatic N) is 1. The minimum absolute atomic E-state index is 0.0816. The second-order valence-corrected chi connectivity index (χ2v) is 3.93. The van der Waals surface area contributed by atoms with Gasteiger partial charge in [-0.25, -0.2) is 0 Å². The molecule has 78 valence electrons. The van der Waals surface area contributed by atoms with E-state index >= 15 is 0 Å². The Morgan fingerprint density at radius 1 is 1.50 bits per heavy atom. The molecule has 14 heavy (non-hydrogen) atoms. The smallest absolute Gasteiger partial charge is 0.237 e. The van der Waals surface area contributed by atoms with Gasteiger partial charge in [0.05, 0.1) is 6.07 Å². The van der Waals surface area contributed by atoms with Crippen LogP contribution in [0.15, 0.2) is 0 Å². The minimum Gasteiger partial charge on any atom is -0.352 e. The van der Waals surface area contributed by atoms with Crippen molar-refractivity contribution in [3.63, 3.8) is 0 Å². The van der Waals surface area contributed by atoms with Crippen molar-refractivity contribution >= 4 is 5.91 Å². The summed E-state index contributed by atoms with van der Waals surface area (Å²) < 4.78 is 0. The van der Waals surface area contributed by atoms with Gasteiger partial charge in [-0.05, 0) is 19.3 Å². The van der Waals surface area contributed by atoms with Gasteiger partial charge in [0, 0.05) is 6.04 Å². The summed E-state index contributed by atoms with van der Waals surface area (Å²) >= 11 is 0. The number of rotatable bonds is 3. The highest BCUT2D eigenvalue weighted by molar-refractivity contribution is 5.81. The van der Waals surface area contributed by atoms with E-state index in [1.165, 1.54) is 19.3 Å². The Morgan fingerprint density at radius 3 is 2.64 bits per heavy atom. The average molecular weight is 194 g/mol. The minimum atomic E-state index is -0.461. The van der Waals surface area contributed by atoms with Crippen LogP contribution in [0.2, 0.25) is 0 Å². The van der Waals surface area contributed by atoms with Crippen LogP contribution >= 0.6 is 0 Å². The first-order valence-electron chi connectivity index (χ1n) is 5.48. The van der Waals surface area contributed by atoms with E-state index in [1.807, 2.05) is 13.0 Å². The van der Waals surface area contributed by atoms with Gasteiger partial charge in [-0.15, -0.1) is 0 Å². The van der Waals surface area contributed by atoms with Crippen molar-refractivity contribution in [3.8, 4) is 6.07 Å². The van der Waals surface area contributed by atoms with E-state index in [-0.39, 0.29) is 5.91 Å². The first kappa shape index (κ1) is 11.0. The molecule has 0 aliphatic heterocycles. The maximum Gasteiger partial charge on any atom is 0.237 e. The van der Waals surface area contributed by atoms with Crippen molar-refractivity contribution in [2.45, 2.75) is 51.5 Å². The Bertz CT molecular complexity index is 226. The van der Waals surface area contributed by atoms with Crippen molar-refractivity contribution in [2.24, 2.45) is 5.92 Å². The number of hydrogen-bond acceptors (Lipinski definition) is 2. The van der Waals surface area contributed by atoms with Gasteiger partial charge in [-0.3, -0.25) is 4.79 Å². The molecule has 3 heteroatoms. The van der Waals surface area contributed by atoms with Crippen molar-refractivity contribution in [2.75, 3.05) is 0 Å². The molecule has 0 aromatic heterocycles. The second kappa shape index (κ2) is 5.64. The van der Waals surface area contributed by atoms with Gasteiger partial charge >= 0.3 is 0 Å². The molecule has 1 N–H and O–H groups in total. The van der Waals surface area contributed by atoms with E-state index in [0.717, 1.165) is 12.8 Å². The van der Waals surface area contributed by atoms with Gasteiger partial charge < -0.3 is 5.32 Å². The Kier molecular flexibility index (Phi) is 4.45. The summed E-state index contributed by atoms with van der Waals surface area (Å²) in [6.45, 7) is 1.87. The fourth-order valence-corrected chi connectivity index (χ4v) is 1.88. The van der Waals surface area contributed by atoms with Crippen molar-refractivity contribution in [1.82, 2.24) is 5.32 Å². The third-order valence-electron chi connectivity index (χ3n) is 2.83. The van der Waals surface area contributed by atoms with E-state index in [2.05, 4.69) is 5.32 Å². The zero-order chi connectivity index (χ0) is 10.4. The zero-order valence-corrected chi connectivity index (χ0v) is 8.75. The van der Waals surface area contributed by atoms with Gasteiger partial charge in [0.2, 0.25) is 5.91 Å². The Hall–Kier alpha value is -1.04. The third-order valence-corrected chi connectivity index (χ3v) is 2.83. The topological polar surface area (TPSA) is 52.9 Å². The summed E-state index contributed by atoms with van der Waals surface area (Å²) in [4.78, 5) is 11.5. The molecular formula is C11H18N2O. The summed E-state index contributed by atoms with van der Waals surface area (Å²) in [5.41, 5.74) is 0. The second-order valence-electron chi connectivity index (χ2n) is 3.93. The highest BCUT2D eigenvalue weighted by Crippen LogP contribution is 2.17. The largest absolute Gasteiger partial charge is 0.352 e.